The fourth-order valence-electron chi connectivity index (χ4n) is 2.37. The quantitative estimate of drug-likeness (QED) is 0.459. The zero-order valence-corrected chi connectivity index (χ0v) is 10.2. The highest BCUT2D eigenvalue weighted by molar-refractivity contribution is 5.80. The summed E-state index contributed by atoms with van der Waals surface area (Å²) in [6.45, 7) is 1.69. The molecule has 0 aromatic heterocycles. The van der Waals surface area contributed by atoms with Gasteiger partial charge in [-0.15, -0.1) is 0 Å². The highest BCUT2D eigenvalue weighted by Gasteiger charge is 2.28. The van der Waals surface area contributed by atoms with Crippen LogP contribution in [0.3, 0.4) is 0 Å². The van der Waals surface area contributed by atoms with Crippen LogP contribution in [0.1, 0.15) is 24.0 Å². The number of primary amides is 1. The van der Waals surface area contributed by atoms with Gasteiger partial charge in [-0.25, -0.2) is 0 Å². The maximum absolute atomic E-state index is 11.3. The van der Waals surface area contributed by atoms with Crippen LogP contribution in [-0.2, 0) is 11.3 Å². The van der Waals surface area contributed by atoms with E-state index in [1.165, 1.54) is 0 Å². The Kier molecular flexibility index (Phi) is 3.94. The van der Waals surface area contributed by atoms with Crippen molar-refractivity contribution < 1.29 is 4.79 Å². The minimum atomic E-state index is -0.223. The molecule has 2 rings (SSSR count). The van der Waals surface area contributed by atoms with Crippen molar-refractivity contribution in [1.82, 2.24) is 4.90 Å². The van der Waals surface area contributed by atoms with E-state index in [4.69, 9.17) is 11.6 Å². The van der Waals surface area contributed by atoms with E-state index in [0.29, 0.717) is 0 Å². The first-order chi connectivity index (χ1) is 8.70. The van der Waals surface area contributed by atoms with Gasteiger partial charge in [0.1, 0.15) is 0 Å². The normalized spacial score (nSPS) is 20.6. The van der Waals surface area contributed by atoms with Crippen LogP contribution in [0.5, 0.6) is 0 Å². The summed E-state index contributed by atoms with van der Waals surface area (Å²) in [7, 11) is 0. The lowest BCUT2D eigenvalue weighted by Gasteiger charge is -2.21. The monoisotopic (exact) mass is 246 g/mol. The third-order valence-corrected chi connectivity index (χ3v) is 3.28. The molecule has 5 heteroatoms. The largest absolute Gasteiger partial charge is 0.368 e. The predicted molar refractivity (Wildman–Crippen MR) is 70.8 cm³/mol. The van der Waals surface area contributed by atoms with Crippen LogP contribution in [-0.4, -0.2) is 29.6 Å². The highest BCUT2D eigenvalue weighted by Crippen LogP contribution is 2.19. The third kappa shape index (κ3) is 2.87. The van der Waals surface area contributed by atoms with Gasteiger partial charge in [0.2, 0.25) is 5.91 Å². The van der Waals surface area contributed by atoms with E-state index in [1.807, 2.05) is 24.3 Å². The van der Waals surface area contributed by atoms with Gasteiger partial charge in [-0.3, -0.25) is 9.69 Å². The lowest BCUT2D eigenvalue weighted by molar-refractivity contribution is -0.122. The second-order valence-electron chi connectivity index (χ2n) is 4.55. The number of hydrogen-bond donors (Lipinski definition) is 2. The number of carbonyl (C=O) groups excluding carboxylic acids is 1. The number of rotatable bonds is 4. The maximum atomic E-state index is 11.3. The first-order valence-corrected chi connectivity index (χ1v) is 6.06. The molecule has 1 fully saturated rings. The van der Waals surface area contributed by atoms with Gasteiger partial charge in [0, 0.05) is 6.54 Å². The van der Waals surface area contributed by atoms with E-state index in [-0.39, 0.29) is 11.9 Å². The topological polar surface area (TPSA) is 84.7 Å². The van der Waals surface area contributed by atoms with E-state index in [1.54, 1.807) is 6.21 Å². The molecule has 0 unspecified atom stereocenters. The molecule has 4 N–H and O–H groups in total. The van der Waals surface area contributed by atoms with E-state index in [9.17, 15) is 4.79 Å². The van der Waals surface area contributed by atoms with E-state index in [0.717, 1.165) is 37.1 Å². The fourth-order valence-corrected chi connectivity index (χ4v) is 2.37. The average Bonchev–Trinajstić information content (AvgIpc) is 2.80. The van der Waals surface area contributed by atoms with Crippen LogP contribution in [0.15, 0.2) is 29.4 Å². The SMILES string of the molecule is NN=Cc1ccc(CN2CCC[C@H]2C(N)=O)cc1. The molecule has 0 spiro atoms. The smallest absolute Gasteiger partial charge is 0.234 e. The summed E-state index contributed by atoms with van der Waals surface area (Å²) in [6, 6.07) is 7.85. The molecule has 1 aliphatic heterocycles. The van der Waals surface area contributed by atoms with Crippen molar-refractivity contribution in [3.63, 3.8) is 0 Å². The third-order valence-electron chi connectivity index (χ3n) is 3.28. The Balaban J connectivity index is 2.02. The summed E-state index contributed by atoms with van der Waals surface area (Å²) in [5.74, 6) is 4.87. The van der Waals surface area contributed by atoms with E-state index < -0.39 is 0 Å². The van der Waals surface area contributed by atoms with Crippen LogP contribution in [0, 0.1) is 0 Å². The predicted octanol–water partition coefficient (Wildman–Crippen LogP) is 0.429. The van der Waals surface area contributed by atoms with Crippen LogP contribution in [0.2, 0.25) is 0 Å². The molecule has 1 amide bonds. The molecule has 5 nitrogen and oxygen atoms in total. The van der Waals surface area contributed by atoms with Crippen LogP contribution in [0.4, 0.5) is 0 Å². The molecule has 0 aliphatic carbocycles. The van der Waals surface area contributed by atoms with Crippen molar-refractivity contribution >= 4 is 12.1 Å². The zero-order valence-electron chi connectivity index (χ0n) is 10.2. The summed E-state index contributed by atoms with van der Waals surface area (Å²) in [5.41, 5.74) is 7.52. The van der Waals surface area contributed by atoms with Crippen molar-refractivity contribution in [1.29, 1.82) is 0 Å². The number of carbonyl (C=O) groups is 1. The Morgan fingerprint density at radius 3 is 2.78 bits per heavy atom. The van der Waals surface area contributed by atoms with Gasteiger partial charge in [-0.1, -0.05) is 24.3 Å². The Morgan fingerprint density at radius 1 is 1.44 bits per heavy atom. The number of nitrogens with two attached hydrogens (primary N) is 2. The van der Waals surface area contributed by atoms with Crippen molar-refractivity contribution in [2.45, 2.75) is 25.4 Å². The molecule has 18 heavy (non-hydrogen) atoms. The Bertz CT molecular complexity index is 441. The van der Waals surface area contributed by atoms with Gasteiger partial charge in [0.15, 0.2) is 0 Å². The van der Waals surface area contributed by atoms with E-state index >= 15 is 0 Å². The lowest BCUT2D eigenvalue weighted by atomic mass is 10.1. The number of hydrazone groups is 1. The zero-order chi connectivity index (χ0) is 13.0. The molecular formula is C13H18N4O. The lowest BCUT2D eigenvalue weighted by Crippen LogP contribution is -2.39. The highest BCUT2D eigenvalue weighted by atomic mass is 16.1. The molecule has 1 aromatic rings. The number of benzene rings is 1. The van der Waals surface area contributed by atoms with Gasteiger partial charge in [0.05, 0.1) is 12.3 Å². The summed E-state index contributed by atoms with van der Waals surface area (Å²) in [6.07, 6.45) is 3.50. The summed E-state index contributed by atoms with van der Waals surface area (Å²) < 4.78 is 0. The standard InChI is InChI=1S/C13H18N4O/c14-13(18)12-2-1-7-17(12)9-11-5-3-10(4-6-11)8-16-15/h3-6,8,12H,1-2,7,9,15H2,(H2,14,18)/t12-/m0/s1. The molecule has 0 radical (unpaired) electrons. The summed E-state index contributed by atoms with van der Waals surface area (Å²) in [4.78, 5) is 13.4. The number of likely N-dealkylation sites (tertiary alicyclic amines) is 1. The minimum Gasteiger partial charge on any atom is -0.368 e. The molecule has 1 aliphatic rings. The fraction of sp³-hybridized carbons (Fsp3) is 0.385. The molecule has 1 heterocycles. The van der Waals surface area contributed by atoms with Crippen LogP contribution >= 0.6 is 0 Å². The first-order valence-electron chi connectivity index (χ1n) is 6.06. The average molecular weight is 246 g/mol. The van der Waals surface area contributed by atoms with Crippen LogP contribution in [0.25, 0.3) is 0 Å². The van der Waals surface area contributed by atoms with Crippen molar-refractivity contribution in [3.8, 4) is 0 Å². The van der Waals surface area contributed by atoms with Gasteiger partial charge in [-0.2, -0.15) is 5.10 Å². The number of nitrogens with zero attached hydrogens (tertiary/aromatic N) is 2. The van der Waals surface area contributed by atoms with Crippen LogP contribution < -0.4 is 11.6 Å². The number of amides is 1. The minimum absolute atomic E-state index is 0.115. The first kappa shape index (κ1) is 12.6. The molecule has 0 saturated carbocycles. The maximum Gasteiger partial charge on any atom is 0.234 e. The Labute approximate surface area is 106 Å². The molecule has 1 aromatic carbocycles. The van der Waals surface area contributed by atoms with Gasteiger partial charge in [0.25, 0.3) is 0 Å². The van der Waals surface area contributed by atoms with E-state index in [2.05, 4.69) is 10.0 Å². The summed E-state index contributed by atoms with van der Waals surface area (Å²) >= 11 is 0. The van der Waals surface area contributed by atoms with Gasteiger partial charge < -0.3 is 11.6 Å². The Hall–Kier alpha value is -1.88. The van der Waals surface area contributed by atoms with Gasteiger partial charge in [-0.05, 0) is 30.5 Å². The Morgan fingerprint density at radius 2 is 2.17 bits per heavy atom. The molecule has 1 saturated heterocycles. The molecule has 1 atom stereocenters. The van der Waals surface area contributed by atoms with Gasteiger partial charge >= 0.3 is 0 Å². The van der Waals surface area contributed by atoms with Crippen molar-refractivity contribution in [3.05, 3.63) is 35.4 Å². The molecule has 0 bridgehead atoms. The second kappa shape index (κ2) is 5.64. The molecule has 96 valence electrons. The second-order valence-corrected chi connectivity index (χ2v) is 4.55. The number of hydrogen-bond acceptors (Lipinski definition) is 4. The summed E-state index contributed by atoms with van der Waals surface area (Å²) in [5, 5.41) is 3.48. The molecular weight excluding hydrogens is 228 g/mol. The van der Waals surface area contributed by atoms with Crippen molar-refractivity contribution in [2.75, 3.05) is 6.54 Å². The van der Waals surface area contributed by atoms with Crippen molar-refractivity contribution in [2.24, 2.45) is 16.7 Å².